The molecule has 10 heteroatoms. The summed E-state index contributed by atoms with van der Waals surface area (Å²) in [6, 6.07) is 55.3. The first-order valence-corrected chi connectivity index (χ1v) is 31.4. The molecule has 7 aromatic carbocycles. The molecule has 72 heavy (non-hydrogen) atoms. The van der Waals surface area contributed by atoms with E-state index >= 15 is 0 Å². The Morgan fingerprint density at radius 3 is 1.18 bits per heavy atom. The Balaban J connectivity index is 0.000000372. The van der Waals surface area contributed by atoms with Gasteiger partial charge in [-0.2, -0.15) is 0 Å². The Morgan fingerprint density at radius 2 is 0.833 bits per heavy atom. The molecular weight excluding hydrogens is 1050 g/mol. The van der Waals surface area contributed by atoms with E-state index in [1.807, 2.05) is 60.7 Å². The van der Waals surface area contributed by atoms with Crippen LogP contribution in [0.15, 0.2) is 166 Å². The molecule has 0 aliphatic heterocycles. The molecule has 1 aromatic heterocycles. The molecule has 0 unspecified atom stereocenters. The van der Waals surface area contributed by atoms with Gasteiger partial charge in [0.1, 0.15) is 16.9 Å². The Labute approximate surface area is 448 Å². The third-order valence-corrected chi connectivity index (χ3v) is 16.3. The van der Waals surface area contributed by atoms with E-state index in [2.05, 4.69) is 194 Å². The summed E-state index contributed by atoms with van der Waals surface area (Å²) in [5.41, 5.74) is 22.9. The molecule has 5 nitrogen and oxygen atoms in total. The normalized spacial score (nSPS) is 13.0. The molecular formula is C62H74Cl2N2O3P2Ru. The third-order valence-electron chi connectivity index (χ3n) is 12.8. The topological polar surface area (TPSA) is 87.5 Å². The van der Waals surface area contributed by atoms with Crippen molar-refractivity contribution in [1.82, 2.24) is 0 Å². The molecule has 2 atom stereocenters. The van der Waals surface area contributed by atoms with Crippen LogP contribution in [0.5, 0.6) is 5.75 Å². The van der Waals surface area contributed by atoms with E-state index in [4.69, 9.17) is 43.8 Å². The number of para-hydroxylation sites is 1. The number of benzene rings is 7. The molecule has 1 heterocycles. The Morgan fingerprint density at radius 1 is 0.486 bits per heavy atom. The predicted octanol–water partition coefficient (Wildman–Crippen LogP) is 17.5. The van der Waals surface area contributed by atoms with Crippen molar-refractivity contribution in [2.45, 2.75) is 131 Å². The standard InChI is InChI=1S/C48H58O3P2.C14H16N2.2ClH.Ru/c1-31-19-23-35(24-20-31)52(36-25-21-32(2)22-26-36)42-18-16-15-17-41(42)49-53-50-43-37(27-33(45(3,4)5)29-39(43)47(9,10)11)38-28-34(46(6,7)8)30-40(44(38)51-53)48(12,13)14;15-13(11-7-3-1-4-8-11)14(16)12-9-5-2-6-10-12;;;/h15-30H,1-14H3;1-10,13-14H,15-16H2;2*1H;/q;;;;+2/p-2/t;13-,14-;;;/m.0.../s1. The number of hydrogen-bond acceptors (Lipinski definition) is 5. The Hall–Kier alpha value is -4.21. The van der Waals surface area contributed by atoms with Crippen LogP contribution in [0.25, 0.3) is 21.9 Å². The molecule has 0 saturated heterocycles. The van der Waals surface area contributed by atoms with Crippen molar-refractivity contribution in [1.29, 1.82) is 0 Å². The molecule has 0 spiro atoms. The zero-order valence-corrected chi connectivity index (χ0v) is 49.6. The summed E-state index contributed by atoms with van der Waals surface area (Å²) in [4.78, 5) is 0. The van der Waals surface area contributed by atoms with Gasteiger partial charge in [-0.3, -0.25) is 0 Å². The van der Waals surface area contributed by atoms with Crippen LogP contribution >= 0.6 is 35.5 Å². The number of nitrogens with two attached hydrogens (primary N) is 2. The van der Waals surface area contributed by atoms with E-state index in [0.29, 0.717) is 0 Å². The molecule has 0 aliphatic carbocycles. The number of rotatable bonds is 8. The fraction of sp³-hybridized carbons (Fsp3) is 0.323. The molecule has 382 valence electrons. The van der Waals surface area contributed by atoms with E-state index in [0.717, 1.165) is 55.2 Å². The first-order valence-electron chi connectivity index (χ1n) is 24.5. The van der Waals surface area contributed by atoms with Crippen LogP contribution in [0.1, 0.15) is 140 Å². The number of fused-ring (bicyclic) bond motifs is 3. The van der Waals surface area contributed by atoms with Crippen LogP contribution in [-0.2, 0) is 36.8 Å². The van der Waals surface area contributed by atoms with Crippen molar-refractivity contribution in [2.75, 3.05) is 0 Å². The van der Waals surface area contributed by atoms with Crippen LogP contribution in [-0.4, -0.2) is 0 Å². The van der Waals surface area contributed by atoms with Crippen LogP contribution < -0.4 is 31.9 Å². The maximum atomic E-state index is 7.17. The zero-order chi connectivity index (χ0) is 52.8. The van der Waals surface area contributed by atoms with Gasteiger partial charge in [0.25, 0.3) is 0 Å². The molecule has 0 fully saturated rings. The van der Waals surface area contributed by atoms with Crippen LogP contribution in [0, 0.1) is 13.8 Å². The predicted molar refractivity (Wildman–Crippen MR) is 310 cm³/mol. The van der Waals surface area contributed by atoms with Gasteiger partial charge in [0, 0.05) is 39.3 Å². The van der Waals surface area contributed by atoms with Gasteiger partial charge in [-0.1, -0.05) is 234 Å². The van der Waals surface area contributed by atoms with E-state index < -0.39 is 16.2 Å². The summed E-state index contributed by atoms with van der Waals surface area (Å²) in [6.07, 6.45) is 0. The average Bonchev–Trinajstić information content (AvgIpc) is 3.48. The molecule has 8 aromatic rings. The first kappa shape index (κ1) is 57.1. The van der Waals surface area contributed by atoms with Gasteiger partial charge >= 0.3 is 42.8 Å². The van der Waals surface area contributed by atoms with E-state index in [-0.39, 0.29) is 48.9 Å². The van der Waals surface area contributed by atoms with Crippen molar-refractivity contribution in [3.63, 3.8) is 0 Å². The Kier molecular flexibility index (Phi) is 19.0. The third kappa shape index (κ3) is 14.3. The van der Waals surface area contributed by atoms with Gasteiger partial charge in [0.2, 0.25) is 0 Å². The summed E-state index contributed by atoms with van der Waals surface area (Å²) in [5, 5.41) is 5.81. The minimum atomic E-state index is -1.93. The van der Waals surface area contributed by atoms with Crippen LogP contribution in [0.2, 0.25) is 0 Å². The second-order valence-corrected chi connectivity index (χ2v) is 28.5. The average molecular weight is 1130 g/mol. The molecule has 0 radical (unpaired) electrons. The molecule has 4 N–H and O–H groups in total. The summed E-state index contributed by atoms with van der Waals surface area (Å²) >= 11 is -0.346. The van der Waals surface area contributed by atoms with Gasteiger partial charge in [-0.05, 0) is 94.5 Å². The molecule has 8 rings (SSSR count). The molecule has 0 bridgehead atoms. The van der Waals surface area contributed by atoms with Crippen molar-refractivity contribution in [3.05, 3.63) is 202 Å². The fourth-order valence-corrected chi connectivity index (χ4v) is 11.9. The number of aryl methyl sites for hydroxylation is 2. The molecule has 0 aliphatic rings. The van der Waals surface area contributed by atoms with E-state index in [9.17, 15) is 0 Å². The zero-order valence-electron chi connectivity index (χ0n) is 44.5. The quantitative estimate of drug-likeness (QED) is 0.117. The molecule has 0 amide bonds. The van der Waals surface area contributed by atoms with E-state index in [1.54, 1.807) is 0 Å². The van der Waals surface area contributed by atoms with Crippen molar-refractivity contribution >= 4 is 73.4 Å². The van der Waals surface area contributed by atoms with Crippen LogP contribution in [0.4, 0.5) is 0 Å². The second kappa shape index (κ2) is 24.0. The maximum absolute atomic E-state index is 7.17. The Bertz CT molecular complexity index is 2900. The van der Waals surface area contributed by atoms with Gasteiger partial charge in [0.05, 0.1) is 0 Å². The first-order chi connectivity index (χ1) is 33.8. The van der Waals surface area contributed by atoms with Crippen molar-refractivity contribution < 1.29 is 28.1 Å². The fourth-order valence-electron chi connectivity index (χ4n) is 8.42. The SMILES string of the molecule is Cc1ccc(P(c2ccc(C)cc2)c2ccccc2Op2oc3c(C(C)(C)C)cc(C(C)(C)C)cc3c3cc(C(C)(C)C)cc(C(C)(C)C)c3o2)cc1.N[C@@H](c1ccccc1)[C@@H](N)c1ccccc1.[Cl][Ru][Cl]. The summed E-state index contributed by atoms with van der Waals surface area (Å²) in [6.45, 7) is 31.6. The number of hydrogen-bond donors (Lipinski definition) is 2. The van der Waals surface area contributed by atoms with Gasteiger partial charge in [-0.25, -0.2) is 0 Å². The summed E-state index contributed by atoms with van der Waals surface area (Å²) < 4.78 is 21.5. The van der Waals surface area contributed by atoms with Crippen molar-refractivity contribution in [2.24, 2.45) is 11.5 Å². The summed E-state index contributed by atoms with van der Waals surface area (Å²) in [5.74, 6) is 0.781. The number of halogens is 2. The van der Waals surface area contributed by atoms with E-state index in [1.165, 1.54) is 32.9 Å². The van der Waals surface area contributed by atoms with Crippen molar-refractivity contribution in [3.8, 4) is 5.75 Å². The minimum absolute atomic E-state index is 0.0693. The molecule has 0 saturated carbocycles. The van der Waals surface area contributed by atoms with Gasteiger partial charge < -0.3 is 24.4 Å². The van der Waals surface area contributed by atoms with Gasteiger partial charge in [0.15, 0.2) is 0 Å². The van der Waals surface area contributed by atoms with Crippen LogP contribution in [0.3, 0.4) is 0 Å². The monoisotopic (exact) mass is 1130 g/mol. The van der Waals surface area contributed by atoms with Gasteiger partial charge in [-0.15, -0.1) is 0 Å². The second-order valence-electron chi connectivity index (χ2n) is 22.7. The summed E-state index contributed by atoms with van der Waals surface area (Å²) in [7, 11) is 6.84.